The number of halogens is 1. The molecular formula is C21H25IN8O2. The summed E-state index contributed by atoms with van der Waals surface area (Å²) in [5.74, 6) is 1.16. The van der Waals surface area contributed by atoms with Crippen LogP contribution in [0.4, 0.5) is 0 Å². The van der Waals surface area contributed by atoms with Gasteiger partial charge in [-0.05, 0) is 29.8 Å². The number of piperazine rings is 1. The molecular weight excluding hydrogens is 523 g/mol. The number of aliphatic imine (C=N–C) groups is 1. The van der Waals surface area contributed by atoms with Gasteiger partial charge in [0, 0.05) is 38.4 Å². The maximum Gasteiger partial charge on any atom is 0.254 e. The highest BCUT2D eigenvalue weighted by Crippen LogP contribution is 2.09. The van der Waals surface area contributed by atoms with Gasteiger partial charge >= 0.3 is 0 Å². The van der Waals surface area contributed by atoms with E-state index in [9.17, 15) is 9.59 Å². The fourth-order valence-corrected chi connectivity index (χ4v) is 3.34. The standard InChI is InChI=1S/C21H24N8O2.HI/c1-22-21(25-13-18-27-26-17-4-2-3-10-29(17)18)24-12-15-5-7-16(8-6-15)20(31)28-11-9-23-19(30)14-28;/h2-8,10H,9,11-14H2,1H3,(H,23,30)(H2,22,24,25);1H. The van der Waals surface area contributed by atoms with Crippen molar-refractivity contribution in [3.8, 4) is 0 Å². The first-order valence-corrected chi connectivity index (χ1v) is 10.0. The van der Waals surface area contributed by atoms with Crippen LogP contribution in [0, 0.1) is 0 Å². The Bertz CT molecular complexity index is 1110. The van der Waals surface area contributed by atoms with Crippen molar-refractivity contribution < 1.29 is 9.59 Å². The molecule has 2 amide bonds. The first kappa shape index (κ1) is 23.4. The van der Waals surface area contributed by atoms with Crippen molar-refractivity contribution >= 4 is 47.4 Å². The molecule has 11 heteroatoms. The highest BCUT2D eigenvalue weighted by Gasteiger charge is 2.22. The number of nitrogens with one attached hydrogen (secondary N) is 3. The largest absolute Gasteiger partial charge is 0.353 e. The molecule has 1 fully saturated rings. The number of hydrogen-bond acceptors (Lipinski definition) is 5. The second-order valence-electron chi connectivity index (χ2n) is 7.10. The van der Waals surface area contributed by atoms with Crippen molar-refractivity contribution in [2.24, 2.45) is 4.99 Å². The van der Waals surface area contributed by atoms with Gasteiger partial charge in [-0.3, -0.25) is 19.0 Å². The van der Waals surface area contributed by atoms with Gasteiger partial charge in [-0.15, -0.1) is 34.2 Å². The van der Waals surface area contributed by atoms with Crippen molar-refractivity contribution in [2.45, 2.75) is 13.1 Å². The zero-order valence-electron chi connectivity index (χ0n) is 17.6. The Morgan fingerprint density at radius 3 is 2.66 bits per heavy atom. The summed E-state index contributed by atoms with van der Waals surface area (Å²) in [6, 6.07) is 13.1. The third-order valence-electron chi connectivity index (χ3n) is 5.01. The van der Waals surface area contributed by atoms with E-state index in [2.05, 4.69) is 31.1 Å². The number of benzene rings is 1. The maximum absolute atomic E-state index is 12.5. The van der Waals surface area contributed by atoms with Crippen LogP contribution in [0.25, 0.3) is 5.65 Å². The van der Waals surface area contributed by atoms with E-state index in [0.29, 0.717) is 37.7 Å². The Labute approximate surface area is 202 Å². The van der Waals surface area contributed by atoms with Crippen LogP contribution < -0.4 is 16.0 Å². The lowest BCUT2D eigenvalue weighted by Crippen LogP contribution is -2.49. The molecule has 0 bridgehead atoms. The van der Waals surface area contributed by atoms with Crippen LogP contribution >= 0.6 is 24.0 Å². The minimum atomic E-state index is -0.132. The van der Waals surface area contributed by atoms with Crippen LogP contribution in [-0.4, -0.2) is 64.0 Å². The van der Waals surface area contributed by atoms with Gasteiger partial charge in [0.25, 0.3) is 5.91 Å². The first-order valence-electron chi connectivity index (χ1n) is 10.0. The SMILES string of the molecule is CN=C(NCc1ccc(C(=O)N2CCNC(=O)C2)cc1)NCc1nnc2ccccn12.I. The molecule has 3 heterocycles. The van der Waals surface area contributed by atoms with Gasteiger partial charge in [0.15, 0.2) is 17.4 Å². The van der Waals surface area contributed by atoms with Crippen LogP contribution in [0.1, 0.15) is 21.7 Å². The van der Waals surface area contributed by atoms with Crippen molar-refractivity contribution in [3.05, 3.63) is 65.6 Å². The summed E-state index contributed by atoms with van der Waals surface area (Å²) in [7, 11) is 1.70. The molecule has 0 radical (unpaired) electrons. The number of carbonyl (C=O) groups is 2. The lowest BCUT2D eigenvalue weighted by molar-refractivity contribution is -0.123. The number of nitrogens with zero attached hydrogens (tertiary/aromatic N) is 5. The van der Waals surface area contributed by atoms with Gasteiger partial charge in [0.1, 0.15) is 0 Å². The van der Waals surface area contributed by atoms with E-state index >= 15 is 0 Å². The van der Waals surface area contributed by atoms with Crippen LogP contribution in [0.2, 0.25) is 0 Å². The van der Waals surface area contributed by atoms with Gasteiger partial charge in [0.05, 0.1) is 13.1 Å². The highest BCUT2D eigenvalue weighted by molar-refractivity contribution is 14.0. The molecule has 2 aromatic heterocycles. The lowest BCUT2D eigenvalue weighted by Gasteiger charge is -2.26. The summed E-state index contributed by atoms with van der Waals surface area (Å²) < 4.78 is 1.92. The summed E-state index contributed by atoms with van der Waals surface area (Å²) in [4.78, 5) is 29.8. The molecule has 0 aliphatic carbocycles. The van der Waals surface area contributed by atoms with Gasteiger partial charge in [-0.25, -0.2) is 0 Å². The van der Waals surface area contributed by atoms with Gasteiger partial charge in [-0.2, -0.15) is 0 Å². The quantitative estimate of drug-likeness (QED) is 0.247. The lowest BCUT2D eigenvalue weighted by atomic mass is 10.1. The number of amides is 2. The normalized spacial score (nSPS) is 14.0. The summed E-state index contributed by atoms with van der Waals surface area (Å²) in [6.45, 7) is 2.13. The Kier molecular flexibility index (Phi) is 7.98. The summed E-state index contributed by atoms with van der Waals surface area (Å²) in [5, 5.41) is 17.5. The third-order valence-corrected chi connectivity index (χ3v) is 5.01. The van der Waals surface area contributed by atoms with Crippen molar-refractivity contribution in [3.63, 3.8) is 0 Å². The molecule has 1 aliphatic rings. The molecule has 0 spiro atoms. The molecule has 32 heavy (non-hydrogen) atoms. The van der Waals surface area contributed by atoms with E-state index in [0.717, 1.165) is 17.0 Å². The van der Waals surface area contributed by atoms with E-state index in [-0.39, 0.29) is 42.3 Å². The minimum absolute atomic E-state index is 0. The molecule has 168 valence electrons. The molecule has 0 saturated carbocycles. The predicted octanol–water partition coefficient (Wildman–Crippen LogP) is 0.784. The number of fused-ring (bicyclic) bond motifs is 1. The molecule has 1 saturated heterocycles. The van der Waals surface area contributed by atoms with Crippen LogP contribution in [0.5, 0.6) is 0 Å². The molecule has 3 aromatic rings. The van der Waals surface area contributed by atoms with Crippen molar-refractivity contribution in [2.75, 3.05) is 26.7 Å². The van der Waals surface area contributed by atoms with E-state index in [1.807, 2.05) is 40.9 Å². The topological polar surface area (TPSA) is 116 Å². The first-order chi connectivity index (χ1) is 15.1. The number of pyridine rings is 1. The number of carbonyl (C=O) groups excluding carboxylic acids is 2. The summed E-state index contributed by atoms with van der Waals surface area (Å²) in [6.07, 6.45) is 1.92. The molecule has 1 aliphatic heterocycles. The van der Waals surface area contributed by atoms with Gasteiger partial charge in [-0.1, -0.05) is 18.2 Å². The Hall–Kier alpha value is -3.22. The second-order valence-corrected chi connectivity index (χ2v) is 7.10. The third kappa shape index (κ3) is 5.52. The van der Waals surface area contributed by atoms with E-state index < -0.39 is 0 Å². The van der Waals surface area contributed by atoms with Crippen LogP contribution in [0.3, 0.4) is 0 Å². The zero-order chi connectivity index (χ0) is 21.6. The molecule has 0 atom stereocenters. The smallest absolute Gasteiger partial charge is 0.254 e. The number of aromatic nitrogens is 3. The average molecular weight is 548 g/mol. The Morgan fingerprint density at radius 2 is 1.91 bits per heavy atom. The Balaban J connectivity index is 0.00000289. The number of guanidine groups is 1. The van der Waals surface area contributed by atoms with E-state index in [1.54, 1.807) is 24.1 Å². The van der Waals surface area contributed by atoms with E-state index in [4.69, 9.17) is 0 Å². The van der Waals surface area contributed by atoms with Gasteiger partial charge < -0.3 is 20.9 Å². The molecule has 10 nitrogen and oxygen atoms in total. The van der Waals surface area contributed by atoms with Crippen molar-refractivity contribution in [1.29, 1.82) is 0 Å². The highest BCUT2D eigenvalue weighted by atomic mass is 127. The fourth-order valence-electron chi connectivity index (χ4n) is 3.34. The average Bonchev–Trinajstić information content (AvgIpc) is 3.22. The van der Waals surface area contributed by atoms with E-state index in [1.165, 1.54) is 0 Å². The number of rotatable bonds is 5. The van der Waals surface area contributed by atoms with Crippen molar-refractivity contribution in [1.82, 2.24) is 35.4 Å². The zero-order valence-corrected chi connectivity index (χ0v) is 19.9. The molecule has 4 rings (SSSR count). The minimum Gasteiger partial charge on any atom is -0.353 e. The number of hydrogen-bond donors (Lipinski definition) is 3. The molecule has 0 unspecified atom stereocenters. The molecule has 3 N–H and O–H groups in total. The fraction of sp³-hybridized carbons (Fsp3) is 0.286. The summed E-state index contributed by atoms with van der Waals surface area (Å²) in [5.41, 5.74) is 2.37. The van der Waals surface area contributed by atoms with Gasteiger partial charge in [0.2, 0.25) is 5.91 Å². The summed E-state index contributed by atoms with van der Waals surface area (Å²) >= 11 is 0. The molecule has 1 aromatic carbocycles. The Morgan fingerprint density at radius 1 is 1.12 bits per heavy atom. The second kappa shape index (κ2) is 10.9. The monoisotopic (exact) mass is 548 g/mol. The van der Waals surface area contributed by atoms with Crippen LogP contribution in [0.15, 0.2) is 53.7 Å². The predicted molar refractivity (Wildman–Crippen MR) is 131 cm³/mol. The van der Waals surface area contributed by atoms with Crippen LogP contribution in [-0.2, 0) is 17.9 Å². The maximum atomic E-state index is 12.5.